The molecule has 5 heteroatoms. The molecule has 1 aromatic carbocycles. The summed E-state index contributed by atoms with van der Waals surface area (Å²) >= 11 is 0. The van der Waals surface area contributed by atoms with Crippen molar-refractivity contribution in [2.24, 2.45) is 0 Å². The van der Waals surface area contributed by atoms with Crippen molar-refractivity contribution in [2.45, 2.75) is 19.8 Å². The lowest BCUT2D eigenvalue weighted by Crippen LogP contribution is -2.16. The van der Waals surface area contributed by atoms with E-state index in [0.29, 0.717) is 6.42 Å². The van der Waals surface area contributed by atoms with Crippen LogP contribution in [0.1, 0.15) is 18.9 Å². The summed E-state index contributed by atoms with van der Waals surface area (Å²) in [5.41, 5.74) is 0.837. The zero-order valence-electron chi connectivity index (χ0n) is 10.1. The number of ether oxygens (including phenoxy) is 2. The lowest BCUT2D eigenvalue weighted by molar-refractivity contribution is -0.158. The van der Waals surface area contributed by atoms with Gasteiger partial charge in [0.15, 0.2) is 6.61 Å². The van der Waals surface area contributed by atoms with Crippen LogP contribution in [0.15, 0.2) is 24.3 Å². The average molecular weight is 254 g/mol. The van der Waals surface area contributed by atoms with E-state index in [1.165, 1.54) is 12.1 Å². The number of benzene rings is 1. The molecule has 0 unspecified atom stereocenters. The van der Waals surface area contributed by atoms with Gasteiger partial charge in [-0.1, -0.05) is 12.1 Å². The monoisotopic (exact) mass is 254 g/mol. The largest absolute Gasteiger partial charge is 0.463 e. The van der Waals surface area contributed by atoms with Gasteiger partial charge in [0.2, 0.25) is 0 Å². The fourth-order valence-corrected chi connectivity index (χ4v) is 1.31. The second-order valence-corrected chi connectivity index (χ2v) is 3.59. The third kappa shape index (κ3) is 5.43. The molecule has 0 fully saturated rings. The number of hydrogen-bond donors (Lipinski definition) is 0. The van der Waals surface area contributed by atoms with Gasteiger partial charge in [0.1, 0.15) is 5.82 Å². The maximum atomic E-state index is 12.6. The molecule has 1 aromatic rings. The second-order valence-electron chi connectivity index (χ2n) is 3.59. The van der Waals surface area contributed by atoms with E-state index in [9.17, 15) is 14.0 Å². The van der Waals surface area contributed by atoms with Crippen LogP contribution >= 0.6 is 0 Å². The Morgan fingerprint density at radius 2 is 1.78 bits per heavy atom. The number of carbonyl (C=O) groups is 2. The number of rotatable bonds is 6. The van der Waals surface area contributed by atoms with E-state index in [1.807, 2.05) is 0 Å². The first-order chi connectivity index (χ1) is 8.61. The van der Waals surface area contributed by atoms with E-state index in [0.717, 1.165) is 5.56 Å². The fourth-order valence-electron chi connectivity index (χ4n) is 1.31. The third-order valence-corrected chi connectivity index (χ3v) is 2.19. The van der Waals surface area contributed by atoms with E-state index in [4.69, 9.17) is 4.74 Å². The average Bonchev–Trinajstić information content (AvgIpc) is 2.36. The minimum absolute atomic E-state index is 0.144. The Kier molecular flexibility index (Phi) is 5.84. The molecule has 0 aliphatic carbocycles. The molecule has 0 heterocycles. The maximum Gasteiger partial charge on any atom is 0.344 e. The van der Waals surface area contributed by atoms with Crippen LogP contribution in [-0.2, 0) is 25.5 Å². The van der Waals surface area contributed by atoms with E-state index in [-0.39, 0.29) is 25.5 Å². The van der Waals surface area contributed by atoms with Crippen molar-refractivity contribution < 1.29 is 23.5 Å². The Balaban J connectivity index is 2.24. The summed E-state index contributed by atoms with van der Waals surface area (Å²) in [6, 6.07) is 5.88. The molecule has 0 aliphatic heterocycles. The fraction of sp³-hybridized carbons (Fsp3) is 0.385. The normalized spacial score (nSPS) is 9.89. The Labute approximate surface area is 105 Å². The van der Waals surface area contributed by atoms with E-state index in [1.54, 1.807) is 19.1 Å². The molecule has 18 heavy (non-hydrogen) atoms. The van der Waals surface area contributed by atoms with Crippen molar-refractivity contribution in [3.63, 3.8) is 0 Å². The molecule has 98 valence electrons. The van der Waals surface area contributed by atoms with Crippen molar-refractivity contribution in [2.75, 3.05) is 13.2 Å². The van der Waals surface area contributed by atoms with Crippen molar-refractivity contribution in [1.29, 1.82) is 0 Å². The summed E-state index contributed by atoms with van der Waals surface area (Å²) in [6.07, 6.45) is 0.590. The highest BCUT2D eigenvalue weighted by atomic mass is 19.1. The number of esters is 2. The summed E-state index contributed by atoms with van der Waals surface area (Å²) < 4.78 is 21.9. The van der Waals surface area contributed by atoms with E-state index < -0.39 is 11.9 Å². The van der Waals surface area contributed by atoms with Crippen molar-refractivity contribution in [3.05, 3.63) is 35.6 Å². The maximum absolute atomic E-state index is 12.6. The highest BCUT2D eigenvalue weighted by Gasteiger charge is 2.08. The summed E-state index contributed by atoms with van der Waals surface area (Å²) in [5.74, 6) is -1.36. The number of carbonyl (C=O) groups excluding carboxylic acids is 2. The first kappa shape index (κ1) is 14.2. The van der Waals surface area contributed by atoms with Gasteiger partial charge in [0, 0.05) is 6.42 Å². The van der Waals surface area contributed by atoms with Crippen molar-refractivity contribution in [1.82, 2.24) is 0 Å². The molecule has 0 saturated heterocycles. The Bertz CT molecular complexity index is 400. The van der Waals surface area contributed by atoms with Gasteiger partial charge < -0.3 is 9.47 Å². The van der Waals surface area contributed by atoms with Crippen LogP contribution in [0.25, 0.3) is 0 Å². The first-order valence-corrected chi connectivity index (χ1v) is 5.67. The lowest BCUT2D eigenvalue weighted by Gasteiger charge is -2.04. The van der Waals surface area contributed by atoms with Crippen LogP contribution < -0.4 is 0 Å². The van der Waals surface area contributed by atoms with Gasteiger partial charge in [-0.3, -0.25) is 4.79 Å². The summed E-state index contributed by atoms with van der Waals surface area (Å²) in [5, 5.41) is 0. The molecule has 1 rings (SSSR count). The number of halogens is 1. The van der Waals surface area contributed by atoms with Crippen LogP contribution in [0.5, 0.6) is 0 Å². The molecule has 0 spiro atoms. The first-order valence-electron chi connectivity index (χ1n) is 5.67. The topological polar surface area (TPSA) is 52.6 Å². The summed E-state index contributed by atoms with van der Waals surface area (Å²) in [7, 11) is 0. The van der Waals surface area contributed by atoms with Crippen LogP contribution in [0.3, 0.4) is 0 Å². The summed E-state index contributed by atoms with van der Waals surface area (Å²) in [6.45, 7) is 1.57. The molecule has 0 atom stereocenters. The van der Waals surface area contributed by atoms with Crippen LogP contribution in [0.4, 0.5) is 4.39 Å². The standard InChI is InChI=1S/C13H15FO4/c1-2-17-13(16)9-18-12(15)8-5-10-3-6-11(14)7-4-10/h3-4,6-7H,2,5,8-9H2,1H3. The molecule has 0 amide bonds. The van der Waals surface area contributed by atoms with Gasteiger partial charge in [0.05, 0.1) is 6.61 Å². The van der Waals surface area contributed by atoms with Crippen LogP contribution in [0, 0.1) is 5.82 Å². The Morgan fingerprint density at radius 1 is 1.11 bits per heavy atom. The second kappa shape index (κ2) is 7.42. The molecule has 4 nitrogen and oxygen atoms in total. The zero-order chi connectivity index (χ0) is 13.4. The van der Waals surface area contributed by atoms with Gasteiger partial charge in [0.25, 0.3) is 0 Å². The van der Waals surface area contributed by atoms with Crippen LogP contribution in [0.2, 0.25) is 0 Å². The van der Waals surface area contributed by atoms with E-state index in [2.05, 4.69) is 4.74 Å². The van der Waals surface area contributed by atoms with Crippen LogP contribution in [-0.4, -0.2) is 25.2 Å². The molecule has 0 saturated carbocycles. The minimum atomic E-state index is -0.562. The molecular formula is C13H15FO4. The zero-order valence-corrected chi connectivity index (χ0v) is 10.1. The SMILES string of the molecule is CCOC(=O)COC(=O)CCc1ccc(F)cc1. The van der Waals surface area contributed by atoms with Gasteiger partial charge >= 0.3 is 11.9 Å². The van der Waals surface area contributed by atoms with Crippen molar-refractivity contribution in [3.8, 4) is 0 Å². The smallest absolute Gasteiger partial charge is 0.344 e. The van der Waals surface area contributed by atoms with Gasteiger partial charge in [-0.05, 0) is 31.0 Å². The molecule has 0 aliphatic rings. The highest BCUT2D eigenvalue weighted by molar-refractivity contribution is 5.76. The van der Waals surface area contributed by atoms with Gasteiger partial charge in [-0.15, -0.1) is 0 Å². The molecule has 0 radical (unpaired) electrons. The highest BCUT2D eigenvalue weighted by Crippen LogP contribution is 2.06. The molecule has 0 aromatic heterocycles. The minimum Gasteiger partial charge on any atom is -0.463 e. The Morgan fingerprint density at radius 3 is 2.39 bits per heavy atom. The van der Waals surface area contributed by atoms with Gasteiger partial charge in [-0.25, -0.2) is 9.18 Å². The van der Waals surface area contributed by atoms with E-state index >= 15 is 0 Å². The quantitative estimate of drug-likeness (QED) is 0.727. The summed E-state index contributed by atoms with van der Waals surface area (Å²) in [4.78, 5) is 22.2. The van der Waals surface area contributed by atoms with Crippen molar-refractivity contribution >= 4 is 11.9 Å². The lowest BCUT2D eigenvalue weighted by atomic mass is 10.1. The molecule has 0 N–H and O–H groups in total. The predicted molar refractivity (Wildman–Crippen MR) is 62.3 cm³/mol. The number of hydrogen-bond acceptors (Lipinski definition) is 4. The molecular weight excluding hydrogens is 239 g/mol. The Hall–Kier alpha value is -1.91. The third-order valence-electron chi connectivity index (χ3n) is 2.19. The van der Waals surface area contributed by atoms with Gasteiger partial charge in [-0.2, -0.15) is 0 Å². The number of aryl methyl sites for hydroxylation is 1. The predicted octanol–water partition coefficient (Wildman–Crippen LogP) is 1.86. The molecule has 0 bridgehead atoms.